The molecule has 0 amide bonds. The molecule has 2 aromatic carbocycles. The molecule has 2 atom stereocenters. The first-order chi connectivity index (χ1) is 21.0. The lowest BCUT2D eigenvalue weighted by Crippen LogP contribution is -2.33. The molecule has 1 aromatic heterocycles. The number of rotatable bonds is 15. The molecule has 2 unspecified atom stereocenters. The van der Waals surface area contributed by atoms with Crippen LogP contribution in [-0.4, -0.2) is 41.7 Å². The highest BCUT2D eigenvalue weighted by Crippen LogP contribution is 2.32. The fraction of sp³-hybridized carbons (Fsp3) is 0.538. The molecule has 0 aliphatic heterocycles. The number of allylic oxidation sites excluding steroid dienone is 2. The minimum atomic E-state index is -0.568. The first-order valence-electron chi connectivity index (χ1n) is 16.6. The van der Waals surface area contributed by atoms with Crippen molar-refractivity contribution >= 4 is 17.0 Å². The van der Waals surface area contributed by atoms with Crippen LogP contribution in [0.5, 0.6) is 0 Å². The van der Waals surface area contributed by atoms with Crippen molar-refractivity contribution < 1.29 is 13.9 Å². The minimum Gasteiger partial charge on any atom is -0.400 e. The molecule has 0 radical (unpaired) electrons. The van der Waals surface area contributed by atoms with Crippen molar-refractivity contribution in [3.05, 3.63) is 88.6 Å². The predicted molar refractivity (Wildman–Crippen MR) is 188 cm³/mol. The summed E-state index contributed by atoms with van der Waals surface area (Å²) in [6.07, 6.45) is 11.1. The van der Waals surface area contributed by atoms with E-state index in [2.05, 4.69) is 83.1 Å². The van der Waals surface area contributed by atoms with E-state index in [4.69, 9.17) is 5.11 Å². The average Bonchev–Trinajstić information content (AvgIpc) is 3.33. The Bertz CT molecular complexity index is 1250. The van der Waals surface area contributed by atoms with Crippen LogP contribution in [0.1, 0.15) is 109 Å². The number of nitrogens with one attached hydrogen (secondary N) is 1. The number of fused-ring (bicyclic) bond motifs is 1. The van der Waals surface area contributed by atoms with Gasteiger partial charge in [-0.25, -0.2) is 8.78 Å². The van der Waals surface area contributed by atoms with E-state index >= 15 is 0 Å². The second kappa shape index (κ2) is 21.1. The molecule has 0 aliphatic rings. The summed E-state index contributed by atoms with van der Waals surface area (Å²) in [7, 11) is 1.00. The Labute approximate surface area is 267 Å². The number of aromatic amines is 1. The molecule has 0 saturated heterocycles. The average molecular weight is 611 g/mol. The van der Waals surface area contributed by atoms with Crippen molar-refractivity contribution in [3.63, 3.8) is 0 Å². The Morgan fingerprint density at radius 3 is 2.09 bits per heavy atom. The Hall–Kier alpha value is -2.76. The zero-order valence-electron chi connectivity index (χ0n) is 29.1. The summed E-state index contributed by atoms with van der Waals surface area (Å²) in [4.78, 5) is 6.34. The third-order valence-electron chi connectivity index (χ3n) is 8.44. The first kappa shape index (κ1) is 39.3. The second-order valence-corrected chi connectivity index (χ2v) is 12.2. The summed E-state index contributed by atoms with van der Waals surface area (Å²) in [5.41, 5.74) is 6.94. The molecule has 246 valence electrons. The molecule has 3 aromatic rings. The van der Waals surface area contributed by atoms with Crippen LogP contribution in [0.25, 0.3) is 17.0 Å². The fourth-order valence-corrected chi connectivity index (χ4v) is 6.08. The van der Waals surface area contributed by atoms with Crippen LogP contribution in [-0.2, 0) is 6.42 Å². The lowest BCUT2D eigenvalue weighted by atomic mass is 9.85. The highest BCUT2D eigenvalue weighted by atomic mass is 19.1. The number of nitrogens with zero attached hydrogens (tertiary/aromatic N) is 1. The molecule has 3 nitrogen and oxygen atoms in total. The van der Waals surface area contributed by atoms with Crippen molar-refractivity contribution in [3.8, 4) is 0 Å². The van der Waals surface area contributed by atoms with E-state index in [-0.39, 0.29) is 0 Å². The monoisotopic (exact) mass is 610 g/mol. The molecule has 5 heteroatoms. The van der Waals surface area contributed by atoms with Gasteiger partial charge >= 0.3 is 0 Å². The highest BCUT2D eigenvalue weighted by Gasteiger charge is 2.20. The number of benzene rings is 2. The minimum absolute atomic E-state index is 0.500. The van der Waals surface area contributed by atoms with Gasteiger partial charge in [0.1, 0.15) is 11.6 Å². The third-order valence-corrected chi connectivity index (χ3v) is 8.44. The van der Waals surface area contributed by atoms with E-state index in [0.717, 1.165) is 43.6 Å². The van der Waals surface area contributed by atoms with E-state index in [1.807, 2.05) is 6.92 Å². The van der Waals surface area contributed by atoms with Crippen LogP contribution in [0.4, 0.5) is 8.78 Å². The Morgan fingerprint density at radius 2 is 1.57 bits per heavy atom. The largest absolute Gasteiger partial charge is 0.400 e. The van der Waals surface area contributed by atoms with Gasteiger partial charge in [0.2, 0.25) is 0 Å². The Balaban J connectivity index is 0.000000537. The molecule has 3 rings (SSSR count). The van der Waals surface area contributed by atoms with Crippen LogP contribution in [0.3, 0.4) is 0 Å². The van der Waals surface area contributed by atoms with E-state index < -0.39 is 11.6 Å². The van der Waals surface area contributed by atoms with E-state index in [0.29, 0.717) is 11.5 Å². The molecular formula is C39H60F2N2O. The lowest BCUT2D eigenvalue weighted by molar-refractivity contribution is 0.190. The van der Waals surface area contributed by atoms with Gasteiger partial charge in [-0.3, -0.25) is 0 Å². The molecule has 0 saturated carbocycles. The first-order valence-corrected chi connectivity index (χ1v) is 16.6. The number of H-pyrrole nitrogens is 1. The number of hydrogen-bond acceptors (Lipinski definition) is 2. The van der Waals surface area contributed by atoms with Crippen LogP contribution in [0.2, 0.25) is 0 Å². The summed E-state index contributed by atoms with van der Waals surface area (Å²) in [6, 6.07) is 10.3. The number of aromatic nitrogens is 1. The third kappa shape index (κ3) is 13.1. The molecule has 1 heterocycles. The van der Waals surface area contributed by atoms with Crippen LogP contribution >= 0.6 is 0 Å². The van der Waals surface area contributed by atoms with Crippen molar-refractivity contribution in [2.75, 3.05) is 26.7 Å². The molecule has 44 heavy (non-hydrogen) atoms. The number of aryl methyl sites for hydroxylation is 2. The molecular weight excluding hydrogens is 550 g/mol. The maximum atomic E-state index is 12.7. The summed E-state index contributed by atoms with van der Waals surface area (Å²) in [5, 5.41) is 8.43. The number of halogens is 2. The number of aliphatic hydroxyl groups excluding tert-OH is 1. The van der Waals surface area contributed by atoms with E-state index in [1.54, 1.807) is 12.2 Å². The standard InChI is InChI=1S/C27H46N2.C11H10F2.CH4O/c1-8-12-24(13-9-2)21(6)19-29(11-4)17-16-20(5)27-22(7)28-26-18-23(10-3)14-15-25(26)27;1-8(2)3-4-9-5-10(12)7-11(13)6-9;1-2/h14-15,18,20-21,24,28H,8-13,16-17,19H2,1-7H3;3-7H,1H2,2H3;2H,1H3/b;4-3+;. The van der Waals surface area contributed by atoms with Gasteiger partial charge in [0.25, 0.3) is 0 Å². The van der Waals surface area contributed by atoms with Crippen molar-refractivity contribution in [2.45, 2.75) is 99.8 Å². The topological polar surface area (TPSA) is 39.3 Å². The van der Waals surface area contributed by atoms with Gasteiger partial charge in [0.15, 0.2) is 0 Å². The zero-order valence-corrected chi connectivity index (χ0v) is 29.1. The summed E-state index contributed by atoms with van der Waals surface area (Å²) in [5.74, 6) is 1.14. The molecule has 0 bridgehead atoms. The van der Waals surface area contributed by atoms with Crippen molar-refractivity contribution in [1.82, 2.24) is 9.88 Å². The maximum Gasteiger partial charge on any atom is 0.126 e. The van der Waals surface area contributed by atoms with Crippen LogP contribution < -0.4 is 0 Å². The van der Waals surface area contributed by atoms with Gasteiger partial charge in [-0.2, -0.15) is 0 Å². The Morgan fingerprint density at radius 1 is 0.955 bits per heavy atom. The van der Waals surface area contributed by atoms with Crippen LogP contribution in [0.15, 0.2) is 54.6 Å². The summed E-state index contributed by atoms with van der Waals surface area (Å²) in [6.45, 7) is 25.4. The lowest BCUT2D eigenvalue weighted by Gasteiger charge is -2.30. The second-order valence-electron chi connectivity index (χ2n) is 12.2. The molecule has 0 spiro atoms. The van der Waals surface area contributed by atoms with Gasteiger partial charge in [-0.05, 0) is 92.4 Å². The maximum absolute atomic E-state index is 12.7. The van der Waals surface area contributed by atoms with Gasteiger partial charge in [0.05, 0.1) is 0 Å². The molecule has 2 N–H and O–H groups in total. The van der Waals surface area contributed by atoms with Gasteiger partial charge in [-0.15, -0.1) is 0 Å². The SMILES string of the molecule is C=C(C)/C=C/c1cc(F)cc(F)c1.CCCC(CCC)C(C)CN(CC)CCC(C)c1c(C)[nH]c2cc(CC)ccc12.CO. The zero-order chi connectivity index (χ0) is 33.2. The van der Waals surface area contributed by atoms with E-state index in [9.17, 15) is 8.78 Å². The van der Waals surface area contributed by atoms with Gasteiger partial charge in [-0.1, -0.05) is 104 Å². The van der Waals surface area contributed by atoms with Crippen LogP contribution in [0, 0.1) is 30.4 Å². The van der Waals surface area contributed by atoms with Crippen molar-refractivity contribution in [2.24, 2.45) is 11.8 Å². The van der Waals surface area contributed by atoms with Gasteiger partial charge in [0, 0.05) is 36.3 Å². The molecule has 0 aliphatic carbocycles. The van der Waals surface area contributed by atoms with Crippen molar-refractivity contribution in [1.29, 1.82) is 0 Å². The normalized spacial score (nSPS) is 12.7. The summed E-state index contributed by atoms with van der Waals surface area (Å²) < 4.78 is 25.3. The summed E-state index contributed by atoms with van der Waals surface area (Å²) >= 11 is 0. The fourth-order valence-electron chi connectivity index (χ4n) is 6.08. The van der Waals surface area contributed by atoms with E-state index in [1.165, 1.54) is 85.1 Å². The smallest absolute Gasteiger partial charge is 0.126 e. The number of aliphatic hydroxyl groups is 1. The predicted octanol–water partition coefficient (Wildman–Crippen LogP) is 10.9. The quantitative estimate of drug-likeness (QED) is 0.168. The molecule has 0 fully saturated rings. The number of hydrogen-bond donors (Lipinski definition) is 2. The highest BCUT2D eigenvalue weighted by molar-refractivity contribution is 5.85. The van der Waals surface area contributed by atoms with Gasteiger partial charge < -0.3 is 15.0 Å². The Kier molecular flexibility index (Phi) is 18.8.